The molecule has 0 radical (unpaired) electrons. The topological polar surface area (TPSA) is 123 Å². The van der Waals surface area contributed by atoms with E-state index in [0.29, 0.717) is 43.2 Å². The molecular formula is C17H24N4O5S. The van der Waals surface area contributed by atoms with Crippen molar-refractivity contribution in [2.75, 3.05) is 38.1 Å². The molecule has 2 aliphatic heterocycles. The Bertz CT molecular complexity index is 840. The Morgan fingerprint density at radius 3 is 3.04 bits per heavy atom. The van der Waals surface area contributed by atoms with E-state index in [9.17, 15) is 13.2 Å². The molecule has 0 spiro atoms. The molecule has 2 aliphatic rings. The minimum Gasteiger partial charge on any atom is -0.492 e. The maximum absolute atomic E-state index is 12.2. The van der Waals surface area contributed by atoms with Crippen LogP contribution < -0.4 is 15.2 Å². The van der Waals surface area contributed by atoms with E-state index in [-0.39, 0.29) is 17.7 Å². The summed E-state index contributed by atoms with van der Waals surface area (Å²) in [6.45, 7) is 2.21. The van der Waals surface area contributed by atoms with Crippen molar-refractivity contribution in [2.45, 2.75) is 19.3 Å². The fourth-order valence-electron chi connectivity index (χ4n) is 3.32. The monoisotopic (exact) mass is 396 g/mol. The van der Waals surface area contributed by atoms with E-state index in [1.54, 1.807) is 25.3 Å². The lowest BCUT2D eigenvalue weighted by molar-refractivity contribution is -0.134. The summed E-state index contributed by atoms with van der Waals surface area (Å²) in [5.74, 6) is 0.655. The molecule has 1 saturated heterocycles. The normalized spacial score (nSPS) is 21.0. The third-order valence-corrected chi connectivity index (χ3v) is 5.52. The van der Waals surface area contributed by atoms with Gasteiger partial charge in [-0.25, -0.2) is 0 Å². The van der Waals surface area contributed by atoms with Crippen LogP contribution in [0.5, 0.6) is 5.75 Å². The van der Waals surface area contributed by atoms with Crippen molar-refractivity contribution in [3.8, 4) is 5.75 Å². The SMILES string of the molecule is COCCC(=O)N1CCCC(COc2cccc3c2C(N)=NS(=O)(=O)N3)C1. The second-order valence-electron chi connectivity index (χ2n) is 6.63. The number of carbonyl (C=O) groups is 1. The lowest BCUT2D eigenvalue weighted by Crippen LogP contribution is -2.42. The zero-order valence-corrected chi connectivity index (χ0v) is 16.0. The summed E-state index contributed by atoms with van der Waals surface area (Å²) >= 11 is 0. The molecule has 2 heterocycles. The minimum atomic E-state index is -3.82. The summed E-state index contributed by atoms with van der Waals surface area (Å²) in [6, 6.07) is 5.03. The van der Waals surface area contributed by atoms with Crippen LogP contribution in [-0.4, -0.2) is 58.5 Å². The van der Waals surface area contributed by atoms with Gasteiger partial charge in [0.05, 0.1) is 30.9 Å². The van der Waals surface area contributed by atoms with E-state index in [4.69, 9.17) is 15.2 Å². The molecule has 148 valence electrons. The molecule has 1 aromatic rings. The Hall–Kier alpha value is -2.33. The van der Waals surface area contributed by atoms with Gasteiger partial charge in [0.15, 0.2) is 5.84 Å². The number of methoxy groups -OCH3 is 1. The van der Waals surface area contributed by atoms with Crippen LogP contribution in [0.1, 0.15) is 24.8 Å². The molecule has 0 bridgehead atoms. The van der Waals surface area contributed by atoms with Gasteiger partial charge in [0.25, 0.3) is 0 Å². The van der Waals surface area contributed by atoms with E-state index >= 15 is 0 Å². The molecule has 1 atom stereocenters. The number of amidine groups is 1. The predicted octanol–water partition coefficient (Wildman–Crippen LogP) is 0.716. The molecule has 9 nitrogen and oxygen atoms in total. The van der Waals surface area contributed by atoms with Crippen molar-refractivity contribution < 1.29 is 22.7 Å². The van der Waals surface area contributed by atoms with Crippen molar-refractivity contribution >= 4 is 27.6 Å². The van der Waals surface area contributed by atoms with Gasteiger partial charge in [-0.1, -0.05) is 6.07 Å². The smallest absolute Gasteiger partial charge is 0.344 e. The number of ether oxygens (including phenoxy) is 2. The first-order valence-electron chi connectivity index (χ1n) is 8.80. The summed E-state index contributed by atoms with van der Waals surface area (Å²) in [6.07, 6.45) is 2.26. The molecule has 0 saturated carbocycles. The van der Waals surface area contributed by atoms with E-state index in [2.05, 4.69) is 9.12 Å². The Morgan fingerprint density at radius 2 is 2.26 bits per heavy atom. The molecule has 1 fully saturated rings. The summed E-state index contributed by atoms with van der Waals surface area (Å²) in [4.78, 5) is 14.0. The predicted molar refractivity (Wildman–Crippen MR) is 101 cm³/mol. The van der Waals surface area contributed by atoms with Gasteiger partial charge in [0.1, 0.15) is 5.75 Å². The van der Waals surface area contributed by atoms with Crippen molar-refractivity contribution in [2.24, 2.45) is 16.0 Å². The average Bonchev–Trinajstić information content (AvgIpc) is 2.63. The van der Waals surface area contributed by atoms with E-state index in [0.717, 1.165) is 19.4 Å². The number of amides is 1. The molecule has 1 aromatic carbocycles. The number of piperidine rings is 1. The zero-order chi connectivity index (χ0) is 19.4. The van der Waals surface area contributed by atoms with Crippen LogP contribution in [0.4, 0.5) is 5.69 Å². The first-order valence-corrected chi connectivity index (χ1v) is 10.2. The number of carbonyl (C=O) groups excluding carboxylic acids is 1. The molecule has 10 heteroatoms. The van der Waals surface area contributed by atoms with Gasteiger partial charge in [0.2, 0.25) is 5.91 Å². The summed E-state index contributed by atoms with van der Waals surface area (Å²) in [5.41, 5.74) is 6.61. The first kappa shape index (κ1) is 19.4. The second-order valence-corrected chi connectivity index (χ2v) is 7.97. The number of fused-ring (bicyclic) bond motifs is 1. The van der Waals surface area contributed by atoms with Crippen LogP contribution in [0.15, 0.2) is 22.6 Å². The van der Waals surface area contributed by atoms with Crippen molar-refractivity contribution in [3.05, 3.63) is 23.8 Å². The molecule has 1 amide bonds. The summed E-state index contributed by atoms with van der Waals surface area (Å²) < 4.78 is 40.0. The van der Waals surface area contributed by atoms with Crippen molar-refractivity contribution in [1.82, 2.24) is 4.90 Å². The fourth-order valence-corrected chi connectivity index (χ4v) is 4.16. The van der Waals surface area contributed by atoms with Gasteiger partial charge < -0.3 is 20.1 Å². The van der Waals surface area contributed by atoms with Crippen LogP contribution in [0.3, 0.4) is 0 Å². The lowest BCUT2D eigenvalue weighted by Gasteiger charge is -2.33. The molecule has 0 aromatic heterocycles. The van der Waals surface area contributed by atoms with Gasteiger partial charge >= 0.3 is 10.2 Å². The van der Waals surface area contributed by atoms with Crippen LogP contribution in [0.25, 0.3) is 0 Å². The third-order valence-electron chi connectivity index (χ3n) is 4.61. The minimum absolute atomic E-state index is 0.0874. The van der Waals surface area contributed by atoms with E-state index in [1.165, 1.54) is 0 Å². The maximum atomic E-state index is 12.2. The van der Waals surface area contributed by atoms with Crippen LogP contribution in [-0.2, 0) is 19.7 Å². The highest BCUT2D eigenvalue weighted by atomic mass is 32.2. The van der Waals surface area contributed by atoms with E-state index < -0.39 is 10.2 Å². The number of anilines is 1. The Labute approximate surface area is 158 Å². The van der Waals surface area contributed by atoms with Crippen LogP contribution >= 0.6 is 0 Å². The fraction of sp³-hybridized carbons (Fsp3) is 0.529. The number of nitrogens with two attached hydrogens (primary N) is 1. The molecule has 0 aliphatic carbocycles. The van der Waals surface area contributed by atoms with Crippen LogP contribution in [0, 0.1) is 5.92 Å². The van der Waals surface area contributed by atoms with Gasteiger partial charge in [-0.3, -0.25) is 9.52 Å². The molecular weight excluding hydrogens is 372 g/mol. The highest BCUT2D eigenvalue weighted by molar-refractivity contribution is 7.91. The Kier molecular flexibility index (Phi) is 5.85. The standard InChI is InChI=1S/C17H24N4O5S/c1-25-9-7-15(22)21-8-3-4-12(10-21)11-26-14-6-2-5-13-16(14)17(18)20-27(23,24)19-13/h2,5-6,12,19H,3-4,7-11H2,1H3,(H2,18,20). The van der Waals surface area contributed by atoms with E-state index in [1.807, 2.05) is 4.90 Å². The average molecular weight is 396 g/mol. The molecule has 3 rings (SSSR count). The molecule has 27 heavy (non-hydrogen) atoms. The highest BCUT2D eigenvalue weighted by Gasteiger charge is 2.27. The molecule has 3 N–H and O–H groups in total. The highest BCUT2D eigenvalue weighted by Crippen LogP contribution is 2.31. The first-order chi connectivity index (χ1) is 12.9. The Balaban J connectivity index is 1.65. The summed E-state index contributed by atoms with van der Waals surface area (Å²) in [5, 5.41) is 0. The summed E-state index contributed by atoms with van der Waals surface area (Å²) in [7, 11) is -2.24. The quantitative estimate of drug-likeness (QED) is 0.730. The third kappa shape index (κ3) is 4.69. The molecule has 1 unspecified atom stereocenters. The zero-order valence-electron chi connectivity index (χ0n) is 15.2. The number of nitrogens with one attached hydrogen (secondary N) is 1. The number of rotatable bonds is 6. The van der Waals surface area contributed by atoms with Gasteiger partial charge in [-0.2, -0.15) is 8.42 Å². The Morgan fingerprint density at radius 1 is 1.44 bits per heavy atom. The largest absolute Gasteiger partial charge is 0.492 e. The maximum Gasteiger partial charge on any atom is 0.344 e. The number of likely N-dealkylation sites (tertiary alicyclic amines) is 1. The van der Waals surface area contributed by atoms with Crippen molar-refractivity contribution in [1.29, 1.82) is 0 Å². The number of hydrogen-bond acceptors (Lipinski definition) is 6. The van der Waals surface area contributed by atoms with Gasteiger partial charge in [-0.05, 0) is 25.0 Å². The van der Waals surface area contributed by atoms with Gasteiger partial charge in [0, 0.05) is 26.1 Å². The second kappa shape index (κ2) is 8.13. The number of benzene rings is 1. The number of hydrogen-bond donors (Lipinski definition) is 2. The lowest BCUT2D eigenvalue weighted by atomic mass is 9.98. The van der Waals surface area contributed by atoms with Crippen molar-refractivity contribution in [3.63, 3.8) is 0 Å². The number of nitrogens with zero attached hydrogens (tertiary/aromatic N) is 2. The van der Waals surface area contributed by atoms with Gasteiger partial charge in [-0.15, -0.1) is 4.40 Å². The van der Waals surface area contributed by atoms with Crippen LogP contribution in [0.2, 0.25) is 0 Å².